The lowest BCUT2D eigenvalue weighted by Gasteiger charge is -2.12. The van der Waals surface area contributed by atoms with E-state index in [1.54, 1.807) is 25.1 Å². The monoisotopic (exact) mass is 407 g/mol. The number of esters is 1. The molecule has 0 spiro atoms. The molecule has 0 heterocycles. The number of nitro groups is 1. The highest BCUT2D eigenvalue weighted by Gasteiger charge is 2.19. The topological polar surface area (TPSA) is 131 Å². The smallest absolute Gasteiger partial charge is 0.341 e. The molecule has 0 aliphatic heterocycles. The molecule has 0 saturated carbocycles. The van der Waals surface area contributed by atoms with Gasteiger partial charge in [-0.25, -0.2) is 4.79 Å². The number of benzene rings is 2. The van der Waals surface area contributed by atoms with Gasteiger partial charge in [0.15, 0.2) is 6.61 Å². The minimum Gasteiger partial charge on any atom is -0.452 e. The standard InChI is InChI=1S/C18H18ClN3O6/c1-11-8-12(19)2-4-15(11)21-17(24)10-28-18(25)14-9-13(22(26)27)3-5-16(14)20-6-7-23/h2-5,8-9,20,23H,6-7,10H2,1H3,(H,21,24). The van der Waals surface area contributed by atoms with Gasteiger partial charge < -0.3 is 20.5 Å². The van der Waals surface area contributed by atoms with Gasteiger partial charge in [0, 0.05) is 35.1 Å². The number of nitrogens with zero attached hydrogens (tertiary/aromatic N) is 1. The number of aryl methyl sites for hydroxylation is 1. The molecular weight excluding hydrogens is 390 g/mol. The molecule has 2 rings (SSSR count). The van der Waals surface area contributed by atoms with Crippen molar-refractivity contribution in [3.05, 3.63) is 62.7 Å². The number of ether oxygens (including phenoxy) is 1. The maximum Gasteiger partial charge on any atom is 0.341 e. The van der Waals surface area contributed by atoms with Crippen LogP contribution in [0.4, 0.5) is 17.1 Å². The van der Waals surface area contributed by atoms with Crippen LogP contribution >= 0.6 is 11.6 Å². The molecule has 0 atom stereocenters. The Hall–Kier alpha value is -3.17. The van der Waals surface area contributed by atoms with Gasteiger partial charge in [0.25, 0.3) is 11.6 Å². The van der Waals surface area contributed by atoms with Crippen LogP contribution in [0.25, 0.3) is 0 Å². The number of hydrogen-bond donors (Lipinski definition) is 3. The number of non-ortho nitro benzene ring substituents is 1. The van der Waals surface area contributed by atoms with Crippen LogP contribution in [0.1, 0.15) is 15.9 Å². The van der Waals surface area contributed by atoms with E-state index in [1.165, 1.54) is 12.1 Å². The van der Waals surface area contributed by atoms with E-state index < -0.39 is 23.4 Å². The molecule has 3 N–H and O–H groups in total. The highest BCUT2D eigenvalue weighted by Crippen LogP contribution is 2.23. The second-order valence-corrected chi connectivity index (χ2v) is 6.16. The molecule has 0 fully saturated rings. The van der Waals surface area contributed by atoms with Gasteiger partial charge in [-0.2, -0.15) is 0 Å². The fourth-order valence-electron chi connectivity index (χ4n) is 2.32. The first-order chi connectivity index (χ1) is 13.3. The number of carbonyl (C=O) groups excluding carboxylic acids is 2. The number of rotatable bonds is 8. The number of nitrogens with one attached hydrogen (secondary N) is 2. The first kappa shape index (κ1) is 21.1. The average molecular weight is 408 g/mol. The average Bonchev–Trinajstić information content (AvgIpc) is 2.66. The second-order valence-electron chi connectivity index (χ2n) is 5.72. The van der Waals surface area contributed by atoms with Crippen molar-refractivity contribution in [3.63, 3.8) is 0 Å². The molecule has 0 saturated heterocycles. The van der Waals surface area contributed by atoms with Crippen molar-refractivity contribution >= 4 is 40.5 Å². The third-order valence-corrected chi connectivity index (χ3v) is 3.89. The quantitative estimate of drug-likeness (QED) is 0.348. The summed E-state index contributed by atoms with van der Waals surface area (Å²) in [6.45, 7) is 1.11. The van der Waals surface area contributed by atoms with E-state index >= 15 is 0 Å². The van der Waals surface area contributed by atoms with Gasteiger partial charge in [-0.1, -0.05) is 11.6 Å². The molecule has 148 valence electrons. The maximum atomic E-state index is 12.3. The van der Waals surface area contributed by atoms with Gasteiger partial charge in [-0.15, -0.1) is 0 Å². The van der Waals surface area contributed by atoms with Crippen LogP contribution in [0.5, 0.6) is 0 Å². The molecule has 9 nitrogen and oxygen atoms in total. The number of aliphatic hydroxyl groups excluding tert-OH is 1. The molecule has 0 unspecified atom stereocenters. The fraction of sp³-hybridized carbons (Fsp3) is 0.222. The van der Waals surface area contributed by atoms with Crippen LogP contribution in [-0.4, -0.2) is 41.7 Å². The Morgan fingerprint density at radius 2 is 1.93 bits per heavy atom. The molecule has 0 aliphatic rings. The minimum absolute atomic E-state index is 0.113. The second kappa shape index (κ2) is 9.67. The van der Waals surface area contributed by atoms with Gasteiger partial charge in [0.1, 0.15) is 0 Å². The van der Waals surface area contributed by atoms with E-state index in [4.69, 9.17) is 21.4 Å². The highest BCUT2D eigenvalue weighted by atomic mass is 35.5. The summed E-state index contributed by atoms with van der Waals surface area (Å²) < 4.78 is 4.98. The molecule has 0 aromatic heterocycles. The van der Waals surface area contributed by atoms with Crippen molar-refractivity contribution in [3.8, 4) is 0 Å². The lowest BCUT2D eigenvalue weighted by Crippen LogP contribution is -2.22. The lowest BCUT2D eigenvalue weighted by molar-refractivity contribution is -0.384. The van der Waals surface area contributed by atoms with Crippen molar-refractivity contribution in [2.45, 2.75) is 6.92 Å². The lowest BCUT2D eigenvalue weighted by atomic mass is 10.1. The van der Waals surface area contributed by atoms with Gasteiger partial charge in [-0.05, 0) is 36.8 Å². The zero-order chi connectivity index (χ0) is 20.7. The van der Waals surface area contributed by atoms with Crippen LogP contribution in [-0.2, 0) is 9.53 Å². The molecule has 2 aromatic rings. The molecule has 28 heavy (non-hydrogen) atoms. The maximum absolute atomic E-state index is 12.3. The largest absolute Gasteiger partial charge is 0.452 e. The summed E-state index contributed by atoms with van der Waals surface area (Å²) in [6, 6.07) is 8.50. The normalized spacial score (nSPS) is 10.2. The van der Waals surface area contributed by atoms with Gasteiger partial charge >= 0.3 is 5.97 Å². The Morgan fingerprint density at radius 1 is 1.21 bits per heavy atom. The molecule has 10 heteroatoms. The number of carbonyl (C=O) groups is 2. The number of halogens is 1. The molecule has 0 radical (unpaired) electrons. The van der Waals surface area contributed by atoms with E-state index in [9.17, 15) is 19.7 Å². The summed E-state index contributed by atoms with van der Waals surface area (Å²) in [7, 11) is 0. The van der Waals surface area contributed by atoms with E-state index in [0.29, 0.717) is 10.7 Å². The van der Waals surface area contributed by atoms with Crippen LogP contribution < -0.4 is 10.6 Å². The summed E-state index contributed by atoms with van der Waals surface area (Å²) in [6.07, 6.45) is 0. The van der Waals surface area contributed by atoms with Crippen molar-refractivity contribution in [2.75, 3.05) is 30.4 Å². The van der Waals surface area contributed by atoms with Crippen LogP contribution in [0, 0.1) is 17.0 Å². The van der Waals surface area contributed by atoms with Crippen LogP contribution in [0.3, 0.4) is 0 Å². The Balaban J connectivity index is 2.07. The van der Waals surface area contributed by atoms with Crippen molar-refractivity contribution < 1.29 is 24.4 Å². The van der Waals surface area contributed by atoms with E-state index in [0.717, 1.165) is 11.6 Å². The summed E-state index contributed by atoms with van der Waals surface area (Å²) in [5.41, 5.74) is 1.09. The summed E-state index contributed by atoms with van der Waals surface area (Å²) in [4.78, 5) is 34.7. The van der Waals surface area contributed by atoms with E-state index in [2.05, 4.69) is 10.6 Å². The molecule has 2 aromatic carbocycles. The highest BCUT2D eigenvalue weighted by molar-refractivity contribution is 6.30. The predicted octanol–water partition coefficient (Wildman–Crippen LogP) is 2.76. The van der Waals surface area contributed by atoms with Crippen LogP contribution in [0.2, 0.25) is 5.02 Å². The van der Waals surface area contributed by atoms with E-state index in [-0.39, 0.29) is 30.1 Å². The Morgan fingerprint density at radius 3 is 2.57 bits per heavy atom. The number of nitro benzene ring substituents is 1. The molecule has 0 bridgehead atoms. The fourth-order valence-corrected chi connectivity index (χ4v) is 2.55. The molecule has 1 amide bonds. The Kier molecular flexibility index (Phi) is 7.30. The Bertz CT molecular complexity index is 903. The summed E-state index contributed by atoms with van der Waals surface area (Å²) in [5.74, 6) is -1.49. The summed E-state index contributed by atoms with van der Waals surface area (Å²) >= 11 is 5.86. The first-order valence-corrected chi connectivity index (χ1v) is 8.56. The SMILES string of the molecule is Cc1cc(Cl)ccc1NC(=O)COC(=O)c1cc([N+](=O)[O-])ccc1NCCO. The third kappa shape index (κ3) is 5.66. The predicted molar refractivity (Wildman–Crippen MR) is 104 cm³/mol. The molecular formula is C18H18ClN3O6. The minimum atomic E-state index is -0.910. The number of amides is 1. The van der Waals surface area contributed by atoms with Crippen LogP contribution in [0.15, 0.2) is 36.4 Å². The van der Waals surface area contributed by atoms with Gasteiger partial charge in [-0.3, -0.25) is 14.9 Å². The van der Waals surface area contributed by atoms with Crippen molar-refractivity contribution in [1.29, 1.82) is 0 Å². The zero-order valence-electron chi connectivity index (χ0n) is 14.9. The first-order valence-electron chi connectivity index (χ1n) is 8.18. The van der Waals surface area contributed by atoms with Gasteiger partial charge in [0.05, 0.1) is 17.1 Å². The Labute approximate surface area is 165 Å². The third-order valence-electron chi connectivity index (χ3n) is 3.66. The number of hydrogen-bond acceptors (Lipinski definition) is 7. The number of aliphatic hydroxyl groups is 1. The molecule has 0 aliphatic carbocycles. The van der Waals surface area contributed by atoms with Crippen molar-refractivity contribution in [1.82, 2.24) is 0 Å². The number of anilines is 2. The summed E-state index contributed by atoms with van der Waals surface area (Å²) in [5, 5.41) is 25.7. The van der Waals surface area contributed by atoms with E-state index in [1.807, 2.05) is 0 Å². The zero-order valence-corrected chi connectivity index (χ0v) is 15.7. The van der Waals surface area contributed by atoms with Gasteiger partial charge in [0.2, 0.25) is 0 Å². The van der Waals surface area contributed by atoms with Crippen molar-refractivity contribution in [2.24, 2.45) is 0 Å².